The number of urea groups is 1. The number of amides is 2. The predicted molar refractivity (Wildman–Crippen MR) is 75.2 cm³/mol. The number of aliphatic carboxylic acids is 1. The fourth-order valence-corrected chi connectivity index (χ4v) is 3.01. The minimum atomic E-state index is -0.874. The zero-order valence-electron chi connectivity index (χ0n) is 12.2. The van der Waals surface area contributed by atoms with E-state index in [0.29, 0.717) is 26.4 Å². The first-order chi connectivity index (χ1) is 10.1. The van der Waals surface area contributed by atoms with Gasteiger partial charge in [-0.3, -0.25) is 4.79 Å². The van der Waals surface area contributed by atoms with Gasteiger partial charge in [0.25, 0.3) is 0 Å². The van der Waals surface area contributed by atoms with Crippen LogP contribution in [0.15, 0.2) is 0 Å². The minimum absolute atomic E-state index is 0.0243. The average Bonchev–Trinajstić information content (AvgIpc) is 2.46. The molecule has 7 nitrogen and oxygen atoms in total. The summed E-state index contributed by atoms with van der Waals surface area (Å²) in [5, 5.41) is 14.7. The van der Waals surface area contributed by atoms with Crippen LogP contribution in [0.2, 0.25) is 0 Å². The van der Waals surface area contributed by atoms with E-state index in [1.165, 1.54) is 0 Å². The van der Waals surface area contributed by atoms with Gasteiger partial charge in [0.15, 0.2) is 0 Å². The van der Waals surface area contributed by atoms with Crippen LogP contribution in [-0.2, 0) is 14.3 Å². The Labute approximate surface area is 124 Å². The van der Waals surface area contributed by atoms with E-state index in [1.54, 1.807) is 0 Å². The molecule has 1 heterocycles. The number of hydrogen-bond donors (Lipinski definition) is 3. The first kappa shape index (κ1) is 16.0. The van der Waals surface area contributed by atoms with Crippen LogP contribution in [0.4, 0.5) is 4.79 Å². The van der Waals surface area contributed by atoms with Gasteiger partial charge in [0.1, 0.15) is 0 Å². The van der Waals surface area contributed by atoms with E-state index in [2.05, 4.69) is 10.6 Å². The molecule has 1 saturated heterocycles. The van der Waals surface area contributed by atoms with E-state index in [0.717, 1.165) is 32.1 Å². The van der Waals surface area contributed by atoms with Crippen molar-refractivity contribution in [3.63, 3.8) is 0 Å². The molecule has 0 radical (unpaired) electrons. The molecule has 7 heteroatoms. The molecular weight excluding hydrogens is 276 g/mol. The van der Waals surface area contributed by atoms with Crippen molar-refractivity contribution < 1.29 is 24.2 Å². The molecule has 1 saturated carbocycles. The zero-order valence-corrected chi connectivity index (χ0v) is 12.2. The maximum absolute atomic E-state index is 12.0. The highest BCUT2D eigenvalue weighted by atomic mass is 16.6. The summed E-state index contributed by atoms with van der Waals surface area (Å²) >= 11 is 0. The lowest BCUT2D eigenvalue weighted by atomic mass is 9.79. The summed E-state index contributed by atoms with van der Waals surface area (Å²) < 4.78 is 10.7. The fourth-order valence-electron chi connectivity index (χ4n) is 3.01. The molecule has 2 fully saturated rings. The van der Waals surface area contributed by atoms with Crippen LogP contribution in [0.3, 0.4) is 0 Å². The largest absolute Gasteiger partial charge is 0.481 e. The normalized spacial score (nSPS) is 25.0. The number of carbonyl (C=O) groups excluding carboxylic acids is 1. The Morgan fingerprint density at radius 3 is 2.57 bits per heavy atom. The van der Waals surface area contributed by atoms with Crippen LogP contribution in [0.1, 0.15) is 38.5 Å². The highest BCUT2D eigenvalue weighted by Gasteiger charge is 2.35. The van der Waals surface area contributed by atoms with Gasteiger partial charge in [-0.05, 0) is 12.8 Å². The molecule has 0 spiro atoms. The smallest absolute Gasteiger partial charge is 0.315 e. The molecule has 2 aliphatic rings. The van der Waals surface area contributed by atoms with Gasteiger partial charge in [-0.1, -0.05) is 19.3 Å². The number of carboxylic acid groups (broad SMARTS) is 1. The molecule has 3 N–H and O–H groups in total. The van der Waals surface area contributed by atoms with Crippen LogP contribution in [0, 0.1) is 0 Å². The minimum Gasteiger partial charge on any atom is -0.481 e. The second kappa shape index (κ2) is 7.61. The molecule has 120 valence electrons. The first-order valence-electron chi connectivity index (χ1n) is 7.57. The maximum Gasteiger partial charge on any atom is 0.315 e. The first-order valence-corrected chi connectivity index (χ1v) is 7.57. The van der Waals surface area contributed by atoms with Crippen LogP contribution in [0.5, 0.6) is 0 Å². The fraction of sp³-hybridized carbons (Fsp3) is 0.857. The molecule has 21 heavy (non-hydrogen) atoms. The van der Waals surface area contributed by atoms with Gasteiger partial charge in [0.2, 0.25) is 0 Å². The summed E-state index contributed by atoms with van der Waals surface area (Å²) in [6.45, 7) is 1.97. The molecule has 1 atom stereocenters. The van der Waals surface area contributed by atoms with Gasteiger partial charge in [0.05, 0.1) is 37.9 Å². The maximum atomic E-state index is 12.0. The summed E-state index contributed by atoms with van der Waals surface area (Å²) in [5.74, 6) is -0.874. The highest BCUT2D eigenvalue weighted by molar-refractivity contribution is 5.76. The van der Waals surface area contributed by atoms with Crippen molar-refractivity contribution in [2.45, 2.75) is 50.2 Å². The predicted octanol–water partition coefficient (Wildman–Crippen LogP) is 0.879. The van der Waals surface area contributed by atoms with Gasteiger partial charge in [-0.25, -0.2) is 4.79 Å². The highest BCUT2D eigenvalue weighted by Crippen LogP contribution is 2.31. The summed E-state index contributed by atoms with van der Waals surface area (Å²) in [7, 11) is 0. The number of rotatable bonds is 5. The van der Waals surface area contributed by atoms with Crippen molar-refractivity contribution in [2.75, 3.05) is 26.4 Å². The number of hydrogen-bond acceptors (Lipinski definition) is 4. The van der Waals surface area contributed by atoms with Crippen molar-refractivity contribution in [2.24, 2.45) is 0 Å². The van der Waals surface area contributed by atoms with E-state index >= 15 is 0 Å². The van der Waals surface area contributed by atoms with Crippen molar-refractivity contribution in [3.8, 4) is 0 Å². The van der Waals surface area contributed by atoms with Crippen LogP contribution < -0.4 is 10.6 Å². The van der Waals surface area contributed by atoms with Gasteiger partial charge in [-0.15, -0.1) is 0 Å². The average molecular weight is 300 g/mol. The SMILES string of the molecule is O=C(O)CC1(NC(=O)NCC2COCCO2)CCCCC1. The van der Waals surface area contributed by atoms with E-state index in [9.17, 15) is 9.59 Å². The van der Waals surface area contributed by atoms with Crippen LogP contribution in [0.25, 0.3) is 0 Å². The topological polar surface area (TPSA) is 96.9 Å². The van der Waals surface area contributed by atoms with E-state index in [-0.39, 0.29) is 18.6 Å². The zero-order chi connectivity index (χ0) is 15.1. The third-order valence-corrected chi connectivity index (χ3v) is 4.05. The Hall–Kier alpha value is -1.34. The molecule has 1 aliphatic carbocycles. The summed E-state index contributed by atoms with van der Waals surface area (Å²) in [6.07, 6.45) is 4.28. The molecule has 1 unspecified atom stereocenters. The van der Waals surface area contributed by atoms with E-state index < -0.39 is 11.5 Å². The number of carboxylic acids is 1. The van der Waals surface area contributed by atoms with Gasteiger partial charge in [0, 0.05) is 6.54 Å². The van der Waals surface area contributed by atoms with Crippen molar-refractivity contribution in [1.82, 2.24) is 10.6 Å². The molecule has 2 amide bonds. The number of ether oxygens (including phenoxy) is 2. The Morgan fingerprint density at radius 1 is 1.19 bits per heavy atom. The summed E-state index contributed by atoms with van der Waals surface area (Å²) in [6, 6.07) is -0.327. The van der Waals surface area contributed by atoms with Gasteiger partial charge < -0.3 is 25.2 Å². The number of carbonyl (C=O) groups is 2. The lowest BCUT2D eigenvalue weighted by Crippen LogP contribution is -2.55. The summed E-state index contributed by atoms with van der Waals surface area (Å²) in [5.41, 5.74) is -0.613. The van der Waals surface area contributed by atoms with E-state index in [1.807, 2.05) is 0 Å². The second-order valence-electron chi connectivity index (χ2n) is 5.81. The molecule has 2 rings (SSSR count). The molecule has 0 aromatic rings. The standard InChI is InChI=1S/C14H24N2O5/c17-12(18)8-14(4-2-1-3-5-14)16-13(19)15-9-11-10-20-6-7-21-11/h11H,1-10H2,(H,17,18)(H2,15,16,19). The Morgan fingerprint density at radius 2 is 1.95 bits per heavy atom. The van der Waals surface area contributed by atoms with Gasteiger partial charge in [-0.2, -0.15) is 0 Å². The third kappa shape index (κ3) is 5.17. The second-order valence-corrected chi connectivity index (χ2v) is 5.81. The van der Waals surface area contributed by atoms with E-state index in [4.69, 9.17) is 14.6 Å². The van der Waals surface area contributed by atoms with Crippen molar-refractivity contribution in [1.29, 1.82) is 0 Å². The third-order valence-electron chi connectivity index (χ3n) is 4.05. The monoisotopic (exact) mass is 300 g/mol. The summed E-state index contributed by atoms with van der Waals surface area (Å²) in [4.78, 5) is 23.1. The van der Waals surface area contributed by atoms with Gasteiger partial charge >= 0.3 is 12.0 Å². The lowest BCUT2D eigenvalue weighted by Gasteiger charge is -2.37. The Bertz CT molecular complexity index is 362. The Kier molecular flexibility index (Phi) is 5.81. The van der Waals surface area contributed by atoms with Crippen molar-refractivity contribution >= 4 is 12.0 Å². The lowest BCUT2D eigenvalue weighted by molar-refractivity contribution is -0.139. The molecular formula is C14H24N2O5. The molecule has 0 aromatic heterocycles. The number of nitrogens with one attached hydrogen (secondary N) is 2. The Balaban J connectivity index is 1.81. The molecule has 0 bridgehead atoms. The molecule has 0 aromatic carbocycles. The van der Waals surface area contributed by atoms with Crippen LogP contribution in [-0.4, -0.2) is 55.1 Å². The van der Waals surface area contributed by atoms with Crippen molar-refractivity contribution in [3.05, 3.63) is 0 Å². The quantitative estimate of drug-likeness (QED) is 0.700. The molecule has 1 aliphatic heterocycles. The van der Waals surface area contributed by atoms with Crippen LogP contribution >= 0.6 is 0 Å².